The van der Waals surface area contributed by atoms with E-state index in [-0.39, 0.29) is 6.61 Å². The van der Waals surface area contributed by atoms with Crippen molar-refractivity contribution < 1.29 is 29.5 Å². The third kappa shape index (κ3) is 1.94. The lowest BCUT2D eigenvalue weighted by molar-refractivity contribution is 0.295. The normalized spacial score (nSPS) is 11.8. The fourth-order valence-corrected chi connectivity index (χ4v) is 3.75. The van der Waals surface area contributed by atoms with Gasteiger partial charge in [-0.3, -0.25) is 4.52 Å². The molecule has 0 aromatic carbocycles. The smallest absolute Gasteiger partial charge is 0.415 e. The molecule has 0 spiro atoms. The van der Waals surface area contributed by atoms with Gasteiger partial charge in [0.15, 0.2) is 0 Å². The predicted octanol–water partition coefficient (Wildman–Crippen LogP) is 1.65. The van der Waals surface area contributed by atoms with Gasteiger partial charge in [-0.25, -0.2) is 4.57 Å². The minimum Gasteiger partial charge on any atom is -0.494 e. The van der Waals surface area contributed by atoms with Gasteiger partial charge >= 0.3 is 7.67 Å². The Balaban J connectivity index is 2.73. The van der Waals surface area contributed by atoms with Crippen LogP contribution in [0, 0.1) is 0 Å². The molecule has 0 radical (unpaired) electrons. The van der Waals surface area contributed by atoms with E-state index in [2.05, 4.69) is 0 Å². The van der Waals surface area contributed by atoms with E-state index in [1.54, 1.807) is 6.92 Å². The van der Waals surface area contributed by atoms with Crippen molar-refractivity contribution in [3.63, 3.8) is 0 Å². The van der Waals surface area contributed by atoms with Crippen LogP contribution in [0.15, 0.2) is 24.3 Å². The largest absolute Gasteiger partial charge is 0.494 e. The molecule has 0 unspecified atom stereocenters. The van der Waals surface area contributed by atoms with E-state index in [0.717, 1.165) is 24.3 Å². The van der Waals surface area contributed by atoms with Gasteiger partial charge in [0.05, 0.1) is 6.61 Å². The Bertz CT molecular complexity index is 557. The third-order valence-electron chi connectivity index (χ3n) is 2.43. The summed E-state index contributed by atoms with van der Waals surface area (Å²) in [5.41, 5.74) is 0. The van der Waals surface area contributed by atoms with Crippen molar-refractivity contribution in [2.45, 2.75) is 6.92 Å². The van der Waals surface area contributed by atoms with E-state index in [0.29, 0.717) is 8.68 Å². The maximum atomic E-state index is 12.9. The molecule has 19 heavy (non-hydrogen) atoms. The second-order valence-electron chi connectivity index (χ2n) is 3.63. The Morgan fingerprint density at radius 1 is 0.947 bits per heavy atom. The van der Waals surface area contributed by atoms with Gasteiger partial charge in [0, 0.05) is 24.3 Å². The molecule has 0 fully saturated rings. The van der Waals surface area contributed by atoms with Crippen molar-refractivity contribution in [1.29, 1.82) is 0 Å². The highest BCUT2D eigenvalue weighted by Crippen LogP contribution is 2.59. The number of rotatable bonds is 4. The zero-order valence-corrected chi connectivity index (χ0v) is 10.9. The van der Waals surface area contributed by atoms with Gasteiger partial charge in [-0.1, -0.05) is 0 Å². The summed E-state index contributed by atoms with van der Waals surface area (Å²) in [6.45, 7) is 1.51. The first-order valence-electron chi connectivity index (χ1n) is 5.37. The predicted molar refractivity (Wildman–Crippen MR) is 65.6 cm³/mol. The van der Waals surface area contributed by atoms with Crippen molar-refractivity contribution in [3.05, 3.63) is 24.3 Å². The van der Waals surface area contributed by atoms with Gasteiger partial charge in [0.25, 0.3) is 0 Å². The molecule has 0 atom stereocenters. The van der Waals surface area contributed by atoms with Gasteiger partial charge in [-0.2, -0.15) is 8.68 Å². The lowest BCUT2D eigenvalue weighted by Crippen LogP contribution is -2.08. The quantitative estimate of drug-likeness (QED) is 0.635. The molecule has 0 amide bonds. The lowest BCUT2D eigenvalue weighted by atomic mass is 10.6. The monoisotopic (exact) mass is 288 g/mol. The van der Waals surface area contributed by atoms with Crippen LogP contribution in [0.3, 0.4) is 0 Å². The molecule has 2 heterocycles. The maximum Gasteiger partial charge on any atom is 0.415 e. The van der Waals surface area contributed by atoms with Crippen molar-refractivity contribution in [1.82, 2.24) is 8.68 Å². The van der Waals surface area contributed by atoms with Gasteiger partial charge in [0.1, 0.15) is 0 Å². The molecule has 2 aromatic rings. The standard InChI is InChI=1S/C10H13N2O6P/c1-2-18-19(17,11-7(13)3-4-8(11)14)12-9(15)5-6-10(12)16/h3-6,13-16H,2H2,1H3. The zero-order chi connectivity index (χ0) is 14.2. The number of nitrogens with zero attached hydrogens (tertiary/aromatic N) is 2. The fourth-order valence-electron chi connectivity index (χ4n) is 1.71. The van der Waals surface area contributed by atoms with Gasteiger partial charge < -0.3 is 20.4 Å². The Morgan fingerprint density at radius 2 is 1.26 bits per heavy atom. The van der Waals surface area contributed by atoms with E-state index in [9.17, 15) is 25.0 Å². The summed E-state index contributed by atoms with van der Waals surface area (Å²) in [7, 11) is -4.15. The van der Waals surface area contributed by atoms with E-state index in [4.69, 9.17) is 4.52 Å². The highest BCUT2D eigenvalue weighted by atomic mass is 31.2. The fraction of sp³-hybridized carbons (Fsp3) is 0.200. The highest BCUT2D eigenvalue weighted by Gasteiger charge is 2.36. The van der Waals surface area contributed by atoms with E-state index in [1.807, 2.05) is 0 Å². The molecule has 0 saturated carbocycles. The molecule has 2 aromatic heterocycles. The maximum absolute atomic E-state index is 12.9. The van der Waals surface area contributed by atoms with E-state index >= 15 is 0 Å². The van der Waals surface area contributed by atoms with Crippen LogP contribution in [-0.2, 0) is 9.09 Å². The van der Waals surface area contributed by atoms with Crippen molar-refractivity contribution >= 4 is 7.67 Å². The van der Waals surface area contributed by atoms with Gasteiger partial charge in [0.2, 0.25) is 23.5 Å². The molecule has 0 aliphatic heterocycles. The summed E-state index contributed by atoms with van der Waals surface area (Å²) in [4.78, 5) is 0. The molecular weight excluding hydrogens is 275 g/mol. The van der Waals surface area contributed by atoms with Crippen molar-refractivity contribution in [2.24, 2.45) is 0 Å². The molecule has 4 N–H and O–H groups in total. The SMILES string of the molecule is CCOP(=O)(n1c(O)ccc1O)n1c(O)ccc1O. The van der Waals surface area contributed by atoms with Crippen LogP contribution in [0.1, 0.15) is 6.92 Å². The van der Waals surface area contributed by atoms with Crippen molar-refractivity contribution in [3.8, 4) is 23.5 Å². The summed E-state index contributed by atoms with van der Waals surface area (Å²) < 4.78 is 19.2. The second-order valence-corrected chi connectivity index (χ2v) is 5.67. The van der Waals surface area contributed by atoms with Crippen LogP contribution < -0.4 is 0 Å². The Morgan fingerprint density at radius 3 is 1.53 bits per heavy atom. The molecular formula is C10H13N2O6P. The van der Waals surface area contributed by atoms with E-state index in [1.165, 1.54) is 0 Å². The molecule has 104 valence electrons. The molecule has 8 nitrogen and oxygen atoms in total. The van der Waals surface area contributed by atoms with Crippen LogP contribution in [0.5, 0.6) is 23.5 Å². The van der Waals surface area contributed by atoms with Gasteiger partial charge in [-0.15, -0.1) is 0 Å². The number of hydrogen-bond donors (Lipinski definition) is 4. The topological polar surface area (TPSA) is 117 Å². The summed E-state index contributed by atoms with van der Waals surface area (Å²) >= 11 is 0. The number of aromatic nitrogens is 2. The van der Waals surface area contributed by atoms with Crippen molar-refractivity contribution in [2.75, 3.05) is 6.61 Å². The van der Waals surface area contributed by atoms with E-state index < -0.39 is 31.2 Å². The highest BCUT2D eigenvalue weighted by molar-refractivity contribution is 7.56. The summed E-state index contributed by atoms with van der Waals surface area (Å²) in [5.74, 6) is -2.10. The van der Waals surface area contributed by atoms with Crippen LogP contribution in [-0.4, -0.2) is 35.7 Å². The second kappa shape index (κ2) is 4.56. The van der Waals surface area contributed by atoms with Crippen LogP contribution in [0.25, 0.3) is 0 Å². The molecule has 0 aliphatic carbocycles. The lowest BCUT2D eigenvalue weighted by Gasteiger charge is -2.22. The third-order valence-corrected chi connectivity index (χ3v) is 4.86. The first-order chi connectivity index (χ1) is 8.91. The summed E-state index contributed by atoms with van der Waals surface area (Å²) in [6, 6.07) is 4.44. The minimum atomic E-state index is -4.15. The zero-order valence-electron chi connectivity index (χ0n) is 9.96. The first-order valence-corrected chi connectivity index (χ1v) is 6.90. The number of hydrogen-bond acceptors (Lipinski definition) is 6. The van der Waals surface area contributed by atoms with Crippen LogP contribution in [0.4, 0.5) is 0 Å². The summed E-state index contributed by atoms with van der Waals surface area (Å²) in [5, 5.41) is 38.6. The molecule has 0 bridgehead atoms. The van der Waals surface area contributed by atoms with Gasteiger partial charge in [-0.05, 0) is 6.92 Å². The Hall–Kier alpha value is -2.05. The molecule has 2 rings (SSSR count). The van der Waals surface area contributed by atoms with Crippen LogP contribution >= 0.6 is 7.67 Å². The van der Waals surface area contributed by atoms with Crippen LogP contribution in [0.2, 0.25) is 0 Å². The first kappa shape index (κ1) is 13.4. The minimum absolute atomic E-state index is 0.0363. The Kier molecular flexibility index (Phi) is 3.21. The average molecular weight is 288 g/mol. The summed E-state index contributed by atoms with van der Waals surface area (Å²) in [6.07, 6.45) is 0. The average Bonchev–Trinajstić information content (AvgIpc) is 2.83. The Labute approximate surface area is 108 Å². The molecule has 0 saturated heterocycles. The number of aromatic hydroxyl groups is 4. The molecule has 0 aliphatic rings. The molecule has 9 heteroatoms.